The standard InChI is InChI=1S/C15H13ClFN3Si/c1-21(2,3)5-4-15-14(16)10-20(19-15)13-7-11(9-18)6-12(17)8-13/h6-8,10H,1-3H3. The number of aromatic nitrogens is 2. The Balaban J connectivity index is 2.46. The van der Waals surface area contributed by atoms with Crippen molar-refractivity contribution in [2.45, 2.75) is 19.6 Å². The molecule has 0 fully saturated rings. The lowest BCUT2D eigenvalue weighted by atomic mass is 10.2. The van der Waals surface area contributed by atoms with Crippen molar-refractivity contribution in [3.05, 3.63) is 46.5 Å². The van der Waals surface area contributed by atoms with Crippen LogP contribution < -0.4 is 0 Å². The fourth-order valence-corrected chi connectivity index (χ4v) is 2.26. The van der Waals surface area contributed by atoms with Gasteiger partial charge in [-0.2, -0.15) is 10.4 Å². The van der Waals surface area contributed by atoms with Crippen molar-refractivity contribution in [3.8, 4) is 23.2 Å². The predicted octanol–water partition coefficient (Wildman–Crippen LogP) is 3.77. The summed E-state index contributed by atoms with van der Waals surface area (Å²) in [5.41, 5.74) is 4.31. The second-order valence-electron chi connectivity index (χ2n) is 5.58. The van der Waals surface area contributed by atoms with E-state index in [9.17, 15) is 4.39 Å². The zero-order chi connectivity index (χ0) is 15.6. The molecule has 0 spiro atoms. The fourth-order valence-electron chi connectivity index (χ4n) is 1.59. The number of hydrogen-bond donors (Lipinski definition) is 0. The normalized spacial score (nSPS) is 10.7. The molecule has 0 aliphatic heterocycles. The molecule has 3 nitrogen and oxygen atoms in total. The molecule has 0 radical (unpaired) electrons. The lowest BCUT2D eigenvalue weighted by molar-refractivity contribution is 0.625. The first-order valence-electron chi connectivity index (χ1n) is 6.28. The van der Waals surface area contributed by atoms with E-state index in [2.05, 4.69) is 36.2 Å². The molecular formula is C15H13ClFN3Si. The van der Waals surface area contributed by atoms with Gasteiger partial charge in [-0.15, -0.1) is 5.54 Å². The second kappa shape index (κ2) is 5.73. The van der Waals surface area contributed by atoms with Crippen LogP contribution in [0.3, 0.4) is 0 Å². The van der Waals surface area contributed by atoms with Crippen molar-refractivity contribution in [3.63, 3.8) is 0 Å². The molecule has 0 amide bonds. The lowest BCUT2D eigenvalue weighted by Crippen LogP contribution is -2.16. The summed E-state index contributed by atoms with van der Waals surface area (Å²) in [6, 6.07) is 5.91. The molecule has 6 heteroatoms. The number of halogens is 2. The average molecular weight is 318 g/mol. The summed E-state index contributed by atoms with van der Waals surface area (Å²) < 4.78 is 14.9. The number of hydrogen-bond acceptors (Lipinski definition) is 2. The third-order valence-electron chi connectivity index (χ3n) is 2.50. The largest absolute Gasteiger partial charge is 0.238 e. The second-order valence-corrected chi connectivity index (χ2v) is 10.7. The van der Waals surface area contributed by atoms with Crippen LogP contribution in [0.1, 0.15) is 11.3 Å². The third-order valence-corrected chi connectivity index (χ3v) is 3.65. The summed E-state index contributed by atoms with van der Waals surface area (Å²) in [5, 5.41) is 13.5. The minimum Gasteiger partial charge on any atom is -0.238 e. The van der Waals surface area contributed by atoms with Gasteiger partial charge in [-0.3, -0.25) is 0 Å². The van der Waals surface area contributed by atoms with Gasteiger partial charge in [0.25, 0.3) is 0 Å². The molecule has 0 N–H and O–H groups in total. The van der Waals surface area contributed by atoms with E-state index in [0.29, 0.717) is 16.4 Å². The molecule has 0 saturated carbocycles. The van der Waals surface area contributed by atoms with Crippen molar-refractivity contribution in [2.75, 3.05) is 0 Å². The number of nitriles is 1. The maximum atomic E-state index is 13.5. The predicted molar refractivity (Wildman–Crippen MR) is 83.5 cm³/mol. The fraction of sp³-hybridized carbons (Fsp3) is 0.200. The van der Waals surface area contributed by atoms with Gasteiger partial charge in [0.1, 0.15) is 13.9 Å². The topological polar surface area (TPSA) is 41.6 Å². The first kappa shape index (κ1) is 15.3. The van der Waals surface area contributed by atoms with Gasteiger partial charge in [-0.1, -0.05) is 37.2 Å². The van der Waals surface area contributed by atoms with Gasteiger partial charge in [-0.05, 0) is 18.2 Å². The molecule has 0 aliphatic carbocycles. The van der Waals surface area contributed by atoms with Crippen LogP contribution in [0.4, 0.5) is 4.39 Å². The van der Waals surface area contributed by atoms with Gasteiger partial charge in [-0.25, -0.2) is 9.07 Å². The Morgan fingerprint density at radius 2 is 2.00 bits per heavy atom. The van der Waals surface area contributed by atoms with Crippen molar-refractivity contribution >= 4 is 19.7 Å². The minimum absolute atomic E-state index is 0.228. The maximum absolute atomic E-state index is 13.5. The number of rotatable bonds is 1. The van der Waals surface area contributed by atoms with E-state index in [1.165, 1.54) is 16.8 Å². The third kappa shape index (κ3) is 3.95. The smallest absolute Gasteiger partial charge is 0.153 e. The van der Waals surface area contributed by atoms with Crippen molar-refractivity contribution in [1.82, 2.24) is 9.78 Å². The van der Waals surface area contributed by atoms with Gasteiger partial charge < -0.3 is 0 Å². The molecule has 1 aromatic heterocycles. The Kier molecular flexibility index (Phi) is 4.18. The minimum atomic E-state index is -1.53. The van der Waals surface area contributed by atoms with E-state index in [0.717, 1.165) is 0 Å². The van der Waals surface area contributed by atoms with Crippen LogP contribution in [0.25, 0.3) is 5.69 Å². The summed E-state index contributed by atoms with van der Waals surface area (Å²) in [6.07, 6.45) is 1.56. The molecule has 21 heavy (non-hydrogen) atoms. The lowest BCUT2D eigenvalue weighted by Gasteiger charge is -2.03. The van der Waals surface area contributed by atoms with Gasteiger partial charge in [0.2, 0.25) is 0 Å². The highest BCUT2D eigenvalue weighted by molar-refractivity contribution is 6.83. The molecular weight excluding hydrogens is 305 g/mol. The van der Waals surface area contributed by atoms with Gasteiger partial charge in [0.15, 0.2) is 5.69 Å². The van der Waals surface area contributed by atoms with E-state index < -0.39 is 13.9 Å². The Morgan fingerprint density at radius 1 is 1.29 bits per heavy atom. The summed E-state index contributed by atoms with van der Waals surface area (Å²) >= 11 is 6.11. The molecule has 2 rings (SSSR count). The zero-order valence-electron chi connectivity index (χ0n) is 11.9. The van der Waals surface area contributed by atoms with Gasteiger partial charge in [0, 0.05) is 0 Å². The van der Waals surface area contributed by atoms with E-state index >= 15 is 0 Å². The van der Waals surface area contributed by atoms with Gasteiger partial charge in [0.05, 0.1) is 28.5 Å². The molecule has 0 bridgehead atoms. The molecule has 2 aromatic rings. The van der Waals surface area contributed by atoms with Crippen molar-refractivity contribution in [1.29, 1.82) is 5.26 Å². The van der Waals surface area contributed by atoms with E-state index in [1.54, 1.807) is 12.3 Å². The van der Waals surface area contributed by atoms with Crippen LogP contribution in [0.15, 0.2) is 24.4 Å². The monoisotopic (exact) mass is 317 g/mol. The Bertz CT molecular complexity index is 788. The summed E-state index contributed by atoms with van der Waals surface area (Å²) in [7, 11) is -1.53. The first-order valence-corrected chi connectivity index (χ1v) is 10.2. The highest BCUT2D eigenvalue weighted by Crippen LogP contribution is 2.18. The maximum Gasteiger partial charge on any atom is 0.153 e. The first-order chi connectivity index (χ1) is 9.78. The number of nitrogens with zero attached hydrogens (tertiary/aromatic N) is 3. The molecule has 0 saturated heterocycles. The SMILES string of the molecule is C[Si](C)(C)C#Cc1nn(-c2cc(F)cc(C#N)c2)cc1Cl. The quantitative estimate of drug-likeness (QED) is 0.593. The van der Waals surface area contributed by atoms with Crippen molar-refractivity contribution < 1.29 is 4.39 Å². The van der Waals surface area contributed by atoms with Crippen molar-refractivity contribution in [2.24, 2.45) is 0 Å². The van der Waals surface area contributed by atoms with Crippen LogP contribution in [-0.4, -0.2) is 17.9 Å². The zero-order valence-corrected chi connectivity index (χ0v) is 13.7. The number of benzene rings is 1. The summed E-state index contributed by atoms with van der Waals surface area (Å²) in [5.74, 6) is 2.48. The summed E-state index contributed by atoms with van der Waals surface area (Å²) in [4.78, 5) is 0. The summed E-state index contributed by atoms with van der Waals surface area (Å²) in [6.45, 7) is 6.37. The molecule has 1 heterocycles. The van der Waals surface area contributed by atoms with Crippen LogP contribution in [-0.2, 0) is 0 Å². The molecule has 106 valence electrons. The highest BCUT2D eigenvalue weighted by Gasteiger charge is 2.11. The Morgan fingerprint density at radius 3 is 2.62 bits per heavy atom. The molecule has 1 aromatic carbocycles. The molecule has 0 aliphatic rings. The Labute approximate surface area is 129 Å². The van der Waals surface area contributed by atoms with Crippen LogP contribution in [0.2, 0.25) is 24.7 Å². The highest BCUT2D eigenvalue weighted by atomic mass is 35.5. The van der Waals surface area contributed by atoms with Crippen LogP contribution in [0.5, 0.6) is 0 Å². The van der Waals surface area contributed by atoms with E-state index in [1.807, 2.05) is 6.07 Å². The van der Waals surface area contributed by atoms with E-state index in [-0.39, 0.29) is 5.56 Å². The van der Waals surface area contributed by atoms with Gasteiger partial charge >= 0.3 is 0 Å². The van der Waals surface area contributed by atoms with E-state index in [4.69, 9.17) is 16.9 Å². The van der Waals surface area contributed by atoms with Crippen LogP contribution >= 0.6 is 11.6 Å². The average Bonchev–Trinajstić information content (AvgIpc) is 2.76. The Hall–Kier alpha value is -2.08. The molecule has 0 atom stereocenters. The molecule has 0 unspecified atom stereocenters. The van der Waals surface area contributed by atoms with Crippen LogP contribution in [0, 0.1) is 28.6 Å².